The van der Waals surface area contributed by atoms with Crippen LogP contribution < -0.4 is 16.2 Å². The number of aliphatic hydroxyl groups is 1. The second-order valence-corrected chi connectivity index (χ2v) is 20.8. The third kappa shape index (κ3) is 10.9. The van der Waals surface area contributed by atoms with Gasteiger partial charge in [0.05, 0.1) is 43.0 Å². The van der Waals surface area contributed by atoms with Crippen LogP contribution in [-0.4, -0.2) is 118 Å². The van der Waals surface area contributed by atoms with Crippen LogP contribution in [0.3, 0.4) is 0 Å². The lowest BCUT2D eigenvalue weighted by atomic mass is 9.98. The zero-order valence-electron chi connectivity index (χ0n) is 33.7. The first-order chi connectivity index (χ1) is 29.9. The Hall–Kier alpha value is -4.88. The number of halogens is 1. The van der Waals surface area contributed by atoms with Crippen molar-refractivity contribution in [1.29, 1.82) is 0 Å². The van der Waals surface area contributed by atoms with Crippen LogP contribution in [-0.2, 0) is 46.4 Å². The van der Waals surface area contributed by atoms with Crippen molar-refractivity contribution in [3.05, 3.63) is 55.1 Å². The van der Waals surface area contributed by atoms with E-state index in [-0.39, 0.29) is 59.2 Å². The van der Waals surface area contributed by atoms with Gasteiger partial charge >= 0.3 is 26.3 Å². The van der Waals surface area contributed by atoms with Crippen molar-refractivity contribution >= 4 is 71.7 Å². The van der Waals surface area contributed by atoms with Gasteiger partial charge in [0.2, 0.25) is 6.79 Å². The highest BCUT2D eigenvalue weighted by molar-refractivity contribution is 8.55. The number of rotatable bonds is 18. The molecule has 5 aromatic rings. The normalized spacial score (nSPS) is 23.4. The maximum absolute atomic E-state index is 15.6. The predicted molar refractivity (Wildman–Crippen MR) is 218 cm³/mol. The fraction of sp³-hybridized carbons (Fsp3) is 0.486. The Balaban J connectivity index is 1.07. The molecule has 0 spiro atoms. The molecule has 6 heterocycles. The minimum atomic E-state index is -4.49. The average Bonchev–Trinajstić information content (AvgIpc) is 4.05. The van der Waals surface area contributed by atoms with Crippen molar-refractivity contribution in [2.75, 3.05) is 43.8 Å². The van der Waals surface area contributed by atoms with Gasteiger partial charge in [-0.2, -0.15) is 0 Å². The zero-order valence-corrected chi connectivity index (χ0v) is 36.3. The van der Waals surface area contributed by atoms with Gasteiger partial charge in [-0.05, 0) is 45.0 Å². The molecule has 24 nitrogen and oxygen atoms in total. The number of benzene rings is 1. The number of aromatic nitrogens is 8. The maximum Gasteiger partial charge on any atom is 0.392 e. The number of fused-ring (bicyclic) bond motifs is 2. The number of esters is 2. The third-order valence-corrected chi connectivity index (χ3v) is 13.8. The van der Waals surface area contributed by atoms with Crippen LogP contribution >= 0.6 is 25.8 Å². The first-order valence-corrected chi connectivity index (χ1v) is 23.9. The number of hydrogen-bond donors (Lipinski definition) is 4. The number of imidazole rings is 2. The number of aliphatic hydroxyl groups excluding tert-OH is 1. The Kier molecular flexibility index (Phi) is 14.0. The van der Waals surface area contributed by atoms with Crippen molar-refractivity contribution < 1.29 is 70.4 Å². The molecule has 2 saturated heterocycles. The molecule has 0 saturated carbocycles. The van der Waals surface area contributed by atoms with Crippen LogP contribution in [0.25, 0.3) is 22.3 Å². The van der Waals surface area contributed by atoms with Gasteiger partial charge in [0.15, 0.2) is 29.2 Å². The van der Waals surface area contributed by atoms with E-state index >= 15 is 4.39 Å². The van der Waals surface area contributed by atoms with E-state index in [0.29, 0.717) is 17.1 Å². The lowest BCUT2D eigenvalue weighted by Crippen LogP contribution is -2.28. The van der Waals surface area contributed by atoms with E-state index in [9.17, 15) is 28.7 Å². The number of carbonyl (C=O) groups is 2. The van der Waals surface area contributed by atoms with E-state index in [0.717, 1.165) is 0 Å². The van der Waals surface area contributed by atoms with Crippen LogP contribution in [0, 0.1) is 5.41 Å². The Labute approximate surface area is 360 Å². The SMILES string of the molecule is CC(C)(C)C(=O)OCOc1ccc(C(=O)OCSP(=O)(OC[C@@H]2C[C@@H](F)[C@H](n3cnc4c(N)ncnc43)O2)O[C@H]2C[C@H](n3cnc4c(N)ncnc43)OC2COP(=O)(O)CO)cc1. The van der Waals surface area contributed by atoms with Gasteiger partial charge in [-0.3, -0.25) is 27.5 Å². The minimum absolute atomic E-state index is 0.0864. The number of hydrogen-bond acceptors (Lipinski definition) is 22. The quantitative estimate of drug-likeness (QED) is 0.0550. The molecule has 0 aliphatic carbocycles. The molecule has 3 unspecified atom stereocenters. The first-order valence-electron chi connectivity index (χ1n) is 19.0. The molecule has 7 rings (SSSR count). The highest BCUT2D eigenvalue weighted by atomic mass is 32.7. The summed E-state index contributed by atoms with van der Waals surface area (Å²) in [6, 6.07) is 5.71. The first kappa shape index (κ1) is 46.1. The summed E-state index contributed by atoms with van der Waals surface area (Å²) in [7, 11) is -4.48. The lowest BCUT2D eigenvalue weighted by Gasteiger charge is -2.25. The number of anilines is 2. The highest BCUT2D eigenvalue weighted by Crippen LogP contribution is 2.63. The molecule has 0 radical (unpaired) electrons. The molecule has 1 aromatic carbocycles. The molecule has 4 aromatic heterocycles. The number of alkyl halides is 1. The summed E-state index contributed by atoms with van der Waals surface area (Å²) in [6.45, 7) is -0.854. The van der Waals surface area contributed by atoms with Crippen molar-refractivity contribution in [3.8, 4) is 5.75 Å². The molecule has 28 heteroatoms. The fourth-order valence-electron chi connectivity index (χ4n) is 6.27. The molecule has 6 N–H and O–H groups in total. The Morgan fingerprint density at radius 1 is 0.905 bits per heavy atom. The van der Waals surface area contributed by atoms with E-state index in [1.165, 1.54) is 58.7 Å². The molecule has 0 bridgehead atoms. The summed E-state index contributed by atoms with van der Waals surface area (Å²) in [4.78, 5) is 59.7. The second kappa shape index (κ2) is 19.1. The summed E-state index contributed by atoms with van der Waals surface area (Å²) < 4.78 is 90.7. The molecule has 63 heavy (non-hydrogen) atoms. The van der Waals surface area contributed by atoms with Crippen LogP contribution in [0.4, 0.5) is 16.0 Å². The summed E-state index contributed by atoms with van der Waals surface area (Å²) in [5, 5.41) is 9.38. The van der Waals surface area contributed by atoms with Gasteiger partial charge in [0.1, 0.15) is 66.3 Å². The highest BCUT2D eigenvalue weighted by Gasteiger charge is 2.45. The molecule has 2 aliphatic rings. The van der Waals surface area contributed by atoms with Crippen LogP contribution in [0.1, 0.15) is 56.4 Å². The Morgan fingerprint density at radius 2 is 1.56 bits per heavy atom. The van der Waals surface area contributed by atoms with Crippen molar-refractivity contribution in [2.24, 2.45) is 5.41 Å². The van der Waals surface area contributed by atoms with Crippen LogP contribution in [0.15, 0.2) is 49.6 Å². The Morgan fingerprint density at radius 3 is 2.21 bits per heavy atom. The molecule has 0 amide bonds. The van der Waals surface area contributed by atoms with Crippen molar-refractivity contribution in [2.45, 2.75) is 70.6 Å². The molecule has 340 valence electrons. The standard InChI is InChI=1S/C35H43FN10O14P2S/c1-35(2,3)34(49)54-17-53-20-6-4-19(5-7-20)33(48)55-18-63-62(52,57-10-21-8-22(36)32(58-21)46-15-44-27-29(38)40-13-42-31(27)46)60-23-9-25(59-24(23)11-56-61(50,51)16-47)45-14-43-26-28(37)39-12-41-30(26)45/h4-7,12-15,21-25,32,47H,8-11,16-18H2,1-3H3,(H,50,51)(H2,37,39,41)(H2,38,40,42)/t21-,22+,23-,24?,25+,32+,62?/m0/s1. The summed E-state index contributed by atoms with van der Waals surface area (Å²) in [5.74, 6) is -1.40. The number of nitrogen functional groups attached to an aromatic ring is 2. The number of nitrogens with zero attached hydrogens (tertiary/aromatic N) is 8. The van der Waals surface area contributed by atoms with Gasteiger partial charge in [-0.1, -0.05) is 0 Å². The van der Waals surface area contributed by atoms with Gasteiger partial charge < -0.3 is 49.7 Å². The van der Waals surface area contributed by atoms with Gasteiger partial charge in [0, 0.05) is 24.2 Å². The number of carbonyl (C=O) groups excluding carboxylic acids is 2. The number of nitrogens with two attached hydrogens (primary N) is 2. The fourth-order valence-corrected chi connectivity index (χ4v) is 9.59. The monoisotopic (exact) mass is 940 g/mol. The summed E-state index contributed by atoms with van der Waals surface area (Å²) >= 11 is 0.475. The second-order valence-electron chi connectivity index (χ2n) is 15.0. The summed E-state index contributed by atoms with van der Waals surface area (Å²) in [5.41, 5.74) is 12.2. The van der Waals surface area contributed by atoms with Gasteiger partial charge in [0.25, 0.3) is 0 Å². The molecule has 2 fully saturated rings. The van der Waals surface area contributed by atoms with Gasteiger partial charge in [-0.15, -0.1) is 0 Å². The van der Waals surface area contributed by atoms with Crippen molar-refractivity contribution in [1.82, 2.24) is 39.0 Å². The van der Waals surface area contributed by atoms with Crippen molar-refractivity contribution in [3.63, 3.8) is 0 Å². The van der Waals surface area contributed by atoms with E-state index in [4.69, 9.17) is 48.7 Å². The van der Waals surface area contributed by atoms with Crippen LogP contribution in [0.5, 0.6) is 5.75 Å². The Bertz CT molecular complexity index is 2530. The summed E-state index contributed by atoms with van der Waals surface area (Å²) in [6.07, 6.45) is -3.57. The topological polar surface area (TPSA) is 322 Å². The van der Waals surface area contributed by atoms with E-state index in [1.807, 2.05) is 0 Å². The predicted octanol–water partition coefficient (Wildman–Crippen LogP) is 3.88. The van der Waals surface area contributed by atoms with E-state index in [1.54, 1.807) is 20.8 Å². The lowest BCUT2D eigenvalue weighted by molar-refractivity contribution is -0.159. The van der Waals surface area contributed by atoms with Gasteiger partial charge in [-0.25, -0.2) is 43.7 Å². The number of ether oxygens (including phenoxy) is 5. The van der Waals surface area contributed by atoms with Crippen LogP contribution in [0.2, 0.25) is 0 Å². The maximum atomic E-state index is 15.6. The smallest absolute Gasteiger partial charge is 0.392 e. The third-order valence-electron chi connectivity index (χ3n) is 9.49. The zero-order chi connectivity index (χ0) is 45.1. The minimum Gasteiger partial charge on any atom is -0.457 e. The van der Waals surface area contributed by atoms with E-state index < -0.39 is 94.2 Å². The largest absolute Gasteiger partial charge is 0.457 e. The molecule has 8 atom stereocenters. The molecular weight excluding hydrogens is 897 g/mol. The molecular formula is C35H43FN10O14P2S. The average molecular weight is 941 g/mol. The van der Waals surface area contributed by atoms with E-state index in [2.05, 4.69) is 29.9 Å². The molecule has 2 aliphatic heterocycles.